The largest absolute Gasteiger partial charge is 0.495 e. The Morgan fingerprint density at radius 1 is 1.57 bits per heavy atom. The molecule has 1 aromatic rings. The van der Waals surface area contributed by atoms with Gasteiger partial charge in [0.1, 0.15) is 5.75 Å². The molecule has 1 rings (SSSR count). The molecule has 0 saturated heterocycles. The van der Waals surface area contributed by atoms with Crippen molar-refractivity contribution in [1.82, 2.24) is 4.98 Å². The lowest BCUT2D eigenvalue weighted by atomic mass is 10.1. The summed E-state index contributed by atoms with van der Waals surface area (Å²) < 4.78 is 30.0. The van der Waals surface area contributed by atoms with Gasteiger partial charge in [0.25, 0.3) is 6.43 Å². The van der Waals surface area contributed by atoms with E-state index in [4.69, 9.17) is 16.3 Å². The fraction of sp³-hybridized carbons (Fsp3) is 0.444. The lowest BCUT2D eigenvalue weighted by molar-refractivity contribution is 0.149. The minimum atomic E-state index is -2.58. The third-order valence-corrected chi connectivity index (χ3v) is 2.19. The maximum atomic E-state index is 12.5. The van der Waals surface area contributed by atoms with Crippen LogP contribution in [0.3, 0.4) is 0 Å². The third kappa shape index (κ3) is 1.95. The van der Waals surface area contributed by atoms with Crippen LogP contribution in [0.2, 0.25) is 0 Å². The predicted octanol–water partition coefficient (Wildman–Crippen LogP) is 3.08. The number of ether oxygens (including phenoxy) is 1. The van der Waals surface area contributed by atoms with Gasteiger partial charge in [-0.1, -0.05) is 0 Å². The van der Waals surface area contributed by atoms with Gasteiger partial charge in [-0.3, -0.25) is 4.98 Å². The zero-order valence-electron chi connectivity index (χ0n) is 7.85. The Labute approximate surface area is 85.9 Å². The van der Waals surface area contributed by atoms with Crippen LogP contribution in [0, 0.1) is 6.92 Å². The molecule has 0 spiro atoms. The summed E-state index contributed by atoms with van der Waals surface area (Å²) in [7, 11) is 1.41. The lowest BCUT2D eigenvalue weighted by Crippen LogP contribution is -2.01. The molecule has 0 atom stereocenters. The molecular formula is C9H10ClF2NO. The Morgan fingerprint density at radius 3 is 2.64 bits per heavy atom. The van der Waals surface area contributed by atoms with Crippen LogP contribution >= 0.6 is 11.6 Å². The molecule has 0 bridgehead atoms. The summed E-state index contributed by atoms with van der Waals surface area (Å²) >= 11 is 5.59. The number of rotatable bonds is 3. The van der Waals surface area contributed by atoms with Crippen molar-refractivity contribution in [2.24, 2.45) is 0 Å². The average molecular weight is 222 g/mol. The molecule has 0 aliphatic heterocycles. The molecule has 0 N–H and O–H groups in total. The van der Waals surface area contributed by atoms with Crippen molar-refractivity contribution in [2.45, 2.75) is 19.2 Å². The third-order valence-electron chi connectivity index (χ3n) is 1.92. The number of alkyl halides is 3. The van der Waals surface area contributed by atoms with Crippen LogP contribution in [0.15, 0.2) is 6.20 Å². The van der Waals surface area contributed by atoms with Gasteiger partial charge >= 0.3 is 0 Å². The van der Waals surface area contributed by atoms with E-state index in [2.05, 4.69) is 4.98 Å². The van der Waals surface area contributed by atoms with Gasteiger partial charge in [-0.25, -0.2) is 8.78 Å². The number of nitrogens with zero attached hydrogens (tertiary/aromatic N) is 1. The van der Waals surface area contributed by atoms with Crippen LogP contribution in [0.4, 0.5) is 8.78 Å². The second-order valence-corrected chi connectivity index (χ2v) is 3.01. The van der Waals surface area contributed by atoms with Gasteiger partial charge in [0.2, 0.25) is 0 Å². The summed E-state index contributed by atoms with van der Waals surface area (Å²) in [6, 6.07) is 0. The minimum Gasteiger partial charge on any atom is -0.495 e. The predicted molar refractivity (Wildman–Crippen MR) is 50.0 cm³/mol. The monoisotopic (exact) mass is 221 g/mol. The molecule has 2 nitrogen and oxygen atoms in total. The second-order valence-electron chi connectivity index (χ2n) is 2.75. The highest BCUT2D eigenvalue weighted by atomic mass is 35.5. The molecule has 0 radical (unpaired) electrons. The Kier molecular flexibility index (Phi) is 3.63. The molecule has 0 aromatic carbocycles. The molecular weight excluding hydrogens is 212 g/mol. The highest BCUT2D eigenvalue weighted by Gasteiger charge is 2.18. The first kappa shape index (κ1) is 11.2. The van der Waals surface area contributed by atoms with Crippen molar-refractivity contribution in [3.8, 4) is 5.75 Å². The SMILES string of the molecule is COc1c(C)ncc(C(F)F)c1CCl. The normalized spacial score (nSPS) is 10.7. The van der Waals surface area contributed by atoms with E-state index in [9.17, 15) is 8.78 Å². The van der Waals surface area contributed by atoms with Gasteiger partial charge in [0.15, 0.2) is 0 Å². The van der Waals surface area contributed by atoms with Crippen molar-refractivity contribution < 1.29 is 13.5 Å². The molecule has 0 fully saturated rings. The van der Waals surface area contributed by atoms with Crippen LogP contribution in [-0.2, 0) is 5.88 Å². The summed E-state index contributed by atoms with van der Waals surface area (Å²) in [6.07, 6.45) is -1.44. The van der Waals surface area contributed by atoms with E-state index in [0.717, 1.165) is 6.20 Å². The molecule has 0 amide bonds. The smallest absolute Gasteiger partial charge is 0.265 e. The lowest BCUT2D eigenvalue weighted by Gasteiger charge is -2.12. The van der Waals surface area contributed by atoms with E-state index in [1.54, 1.807) is 6.92 Å². The van der Waals surface area contributed by atoms with Crippen molar-refractivity contribution in [2.75, 3.05) is 7.11 Å². The first-order chi connectivity index (χ1) is 6.61. The number of hydrogen-bond donors (Lipinski definition) is 0. The summed E-state index contributed by atoms with van der Waals surface area (Å²) in [4.78, 5) is 3.82. The highest BCUT2D eigenvalue weighted by Crippen LogP contribution is 2.32. The Morgan fingerprint density at radius 2 is 2.21 bits per heavy atom. The van der Waals surface area contributed by atoms with Crippen molar-refractivity contribution in [3.05, 3.63) is 23.0 Å². The zero-order valence-corrected chi connectivity index (χ0v) is 8.61. The van der Waals surface area contributed by atoms with Gasteiger partial charge < -0.3 is 4.74 Å². The second kappa shape index (κ2) is 4.55. The summed E-state index contributed by atoms with van der Waals surface area (Å²) in [5.41, 5.74) is 0.715. The van der Waals surface area contributed by atoms with Crippen LogP contribution in [0.5, 0.6) is 5.75 Å². The number of halogens is 3. The van der Waals surface area contributed by atoms with Crippen molar-refractivity contribution >= 4 is 11.6 Å². The fourth-order valence-corrected chi connectivity index (χ4v) is 1.52. The van der Waals surface area contributed by atoms with Crippen LogP contribution in [-0.4, -0.2) is 12.1 Å². The number of aryl methyl sites for hydroxylation is 1. The molecule has 1 heterocycles. The maximum absolute atomic E-state index is 12.5. The number of methoxy groups -OCH3 is 1. The van der Waals surface area contributed by atoms with Gasteiger partial charge in [0.05, 0.1) is 18.7 Å². The molecule has 0 aliphatic rings. The Bertz CT molecular complexity index is 331. The molecule has 5 heteroatoms. The summed E-state index contributed by atoms with van der Waals surface area (Å²) in [5.74, 6) is 0.337. The molecule has 78 valence electrons. The van der Waals surface area contributed by atoms with Crippen molar-refractivity contribution in [1.29, 1.82) is 0 Å². The van der Waals surface area contributed by atoms with Gasteiger partial charge in [-0.05, 0) is 6.92 Å². The number of aromatic nitrogens is 1. The molecule has 1 aromatic heterocycles. The van der Waals surface area contributed by atoms with Gasteiger partial charge in [-0.2, -0.15) is 0 Å². The Balaban J connectivity index is 3.33. The molecule has 14 heavy (non-hydrogen) atoms. The fourth-order valence-electron chi connectivity index (χ4n) is 1.25. The van der Waals surface area contributed by atoms with Crippen LogP contribution < -0.4 is 4.74 Å². The molecule has 0 saturated carbocycles. The standard InChI is InChI=1S/C9H10ClF2NO/c1-5-8(14-2)6(3-10)7(4-13-5)9(11)12/h4,9H,3H2,1-2H3. The zero-order chi connectivity index (χ0) is 10.7. The number of pyridine rings is 1. The maximum Gasteiger partial charge on any atom is 0.265 e. The topological polar surface area (TPSA) is 22.1 Å². The highest BCUT2D eigenvalue weighted by molar-refractivity contribution is 6.17. The van der Waals surface area contributed by atoms with E-state index in [1.807, 2.05) is 0 Å². The van der Waals surface area contributed by atoms with Crippen molar-refractivity contribution in [3.63, 3.8) is 0 Å². The number of hydrogen-bond acceptors (Lipinski definition) is 2. The van der Waals surface area contributed by atoms with Crippen LogP contribution in [0.1, 0.15) is 23.2 Å². The molecule has 0 unspecified atom stereocenters. The van der Waals surface area contributed by atoms with E-state index in [1.165, 1.54) is 7.11 Å². The van der Waals surface area contributed by atoms with E-state index in [-0.39, 0.29) is 11.4 Å². The van der Waals surface area contributed by atoms with Crippen LogP contribution in [0.25, 0.3) is 0 Å². The first-order valence-electron chi connectivity index (χ1n) is 3.98. The minimum absolute atomic E-state index is 0.00773. The van der Waals surface area contributed by atoms with E-state index >= 15 is 0 Å². The average Bonchev–Trinajstić information content (AvgIpc) is 2.16. The van der Waals surface area contributed by atoms with E-state index in [0.29, 0.717) is 17.0 Å². The quantitative estimate of drug-likeness (QED) is 0.732. The van der Waals surface area contributed by atoms with Gasteiger partial charge in [0, 0.05) is 17.3 Å². The summed E-state index contributed by atoms with van der Waals surface area (Å²) in [5, 5.41) is 0. The first-order valence-corrected chi connectivity index (χ1v) is 4.51. The van der Waals surface area contributed by atoms with Gasteiger partial charge in [-0.15, -0.1) is 11.6 Å². The molecule has 0 aliphatic carbocycles. The summed E-state index contributed by atoms with van der Waals surface area (Å²) in [6.45, 7) is 1.68. The van der Waals surface area contributed by atoms with E-state index < -0.39 is 6.43 Å². The Hall–Kier alpha value is -0.900.